The van der Waals surface area contributed by atoms with E-state index in [4.69, 9.17) is 0 Å². The van der Waals surface area contributed by atoms with Crippen LogP contribution in [0.1, 0.15) is 29.4 Å². The summed E-state index contributed by atoms with van der Waals surface area (Å²) in [6, 6.07) is 8.69. The summed E-state index contributed by atoms with van der Waals surface area (Å²) in [5.74, 6) is -4.37. The number of likely N-dealkylation sites (tertiary alicyclic amines) is 1. The van der Waals surface area contributed by atoms with Crippen LogP contribution in [0.4, 0.5) is 18.9 Å². The number of aromatic amines is 1. The van der Waals surface area contributed by atoms with Crippen molar-refractivity contribution in [3.63, 3.8) is 0 Å². The molecule has 10 heteroatoms. The van der Waals surface area contributed by atoms with E-state index in [-0.39, 0.29) is 17.8 Å². The van der Waals surface area contributed by atoms with Crippen LogP contribution in [0, 0.1) is 11.7 Å². The summed E-state index contributed by atoms with van der Waals surface area (Å²) in [5.41, 5.74) is 3.64. The molecule has 1 amide bonds. The largest absolute Gasteiger partial charge is 0.319 e. The van der Waals surface area contributed by atoms with E-state index in [1.54, 1.807) is 19.3 Å². The number of benzene rings is 1. The maximum Gasteiger partial charge on any atom is 0.276 e. The van der Waals surface area contributed by atoms with Crippen LogP contribution in [0.3, 0.4) is 0 Å². The third kappa shape index (κ3) is 4.88. The first kappa shape index (κ1) is 23.0. The van der Waals surface area contributed by atoms with Crippen LogP contribution in [0.15, 0.2) is 55.1 Å². The van der Waals surface area contributed by atoms with Gasteiger partial charge in [0.1, 0.15) is 5.82 Å². The van der Waals surface area contributed by atoms with Gasteiger partial charge in [-0.15, -0.1) is 0 Å². The fraction of sp³-hybridized carbons (Fsp3) is 0.280. The molecule has 0 bridgehead atoms. The highest BCUT2D eigenvalue weighted by Crippen LogP contribution is 2.34. The first-order valence-electron chi connectivity index (χ1n) is 11.2. The molecule has 180 valence electrons. The van der Waals surface area contributed by atoms with Gasteiger partial charge in [0.25, 0.3) is 11.8 Å². The molecule has 7 nitrogen and oxygen atoms in total. The lowest BCUT2D eigenvalue weighted by Crippen LogP contribution is -2.45. The van der Waals surface area contributed by atoms with Crippen LogP contribution in [0.2, 0.25) is 0 Å². The van der Waals surface area contributed by atoms with Gasteiger partial charge in [-0.05, 0) is 29.3 Å². The van der Waals surface area contributed by atoms with Crippen LogP contribution in [-0.4, -0.2) is 50.0 Å². The van der Waals surface area contributed by atoms with Crippen molar-refractivity contribution in [3.8, 4) is 11.1 Å². The van der Waals surface area contributed by atoms with E-state index in [2.05, 4.69) is 25.5 Å². The zero-order valence-corrected chi connectivity index (χ0v) is 18.9. The summed E-state index contributed by atoms with van der Waals surface area (Å²) in [7, 11) is 0. The molecule has 4 aromatic rings. The second kappa shape index (κ2) is 9.10. The van der Waals surface area contributed by atoms with Crippen LogP contribution >= 0.6 is 0 Å². The number of hydrogen-bond donors (Lipinski definition) is 2. The molecule has 0 aliphatic carbocycles. The number of halogens is 3. The summed E-state index contributed by atoms with van der Waals surface area (Å²) in [4.78, 5) is 22.9. The molecule has 0 radical (unpaired) electrons. The Kier molecular flexibility index (Phi) is 5.98. The summed E-state index contributed by atoms with van der Waals surface area (Å²) < 4.78 is 41.1. The second-order valence-corrected chi connectivity index (χ2v) is 8.91. The Morgan fingerprint density at radius 3 is 2.77 bits per heavy atom. The van der Waals surface area contributed by atoms with Crippen molar-refractivity contribution in [2.45, 2.75) is 25.8 Å². The number of rotatable bonds is 5. The smallest absolute Gasteiger partial charge is 0.276 e. The number of H-pyrrole nitrogens is 1. The van der Waals surface area contributed by atoms with Gasteiger partial charge in [-0.25, -0.2) is 13.2 Å². The topological polar surface area (TPSA) is 86.8 Å². The Balaban J connectivity index is 1.37. The van der Waals surface area contributed by atoms with Crippen molar-refractivity contribution in [3.05, 3.63) is 72.2 Å². The molecule has 1 aliphatic rings. The van der Waals surface area contributed by atoms with E-state index < -0.39 is 23.6 Å². The SMILES string of the molecule is C[C@H]1CN(Cc2cncc(-c3ccc4[nH]nc(C(=O)Nc5cncc(F)c5)c4c3)c2)CCC1(F)F. The predicted octanol–water partition coefficient (Wildman–Crippen LogP) is 4.89. The lowest BCUT2D eigenvalue weighted by molar-refractivity contribution is -0.100. The summed E-state index contributed by atoms with van der Waals surface area (Å²) in [5, 5.41) is 10.2. The van der Waals surface area contributed by atoms with Gasteiger partial charge in [0, 0.05) is 61.4 Å². The van der Waals surface area contributed by atoms with Crippen LogP contribution in [0.25, 0.3) is 22.0 Å². The number of anilines is 1. The quantitative estimate of drug-likeness (QED) is 0.425. The number of fused-ring (bicyclic) bond motifs is 1. The number of carbonyl (C=O) groups excluding carboxylic acids is 1. The Hall–Kier alpha value is -3.79. The minimum Gasteiger partial charge on any atom is -0.319 e. The number of aromatic nitrogens is 4. The van der Waals surface area contributed by atoms with E-state index in [9.17, 15) is 18.0 Å². The molecule has 1 atom stereocenters. The Morgan fingerprint density at radius 2 is 1.97 bits per heavy atom. The molecule has 1 aliphatic heterocycles. The van der Waals surface area contributed by atoms with Gasteiger partial charge in [-0.3, -0.25) is 24.8 Å². The summed E-state index contributed by atoms with van der Waals surface area (Å²) in [6.07, 6.45) is 5.71. The van der Waals surface area contributed by atoms with Crippen molar-refractivity contribution in [1.82, 2.24) is 25.1 Å². The minimum absolute atomic E-state index is 0.144. The maximum atomic E-state index is 13.8. The van der Waals surface area contributed by atoms with Crippen molar-refractivity contribution >= 4 is 22.5 Å². The first-order chi connectivity index (χ1) is 16.8. The van der Waals surface area contributed by atoms with E-state index in [0.29, 0.717) is 30.5 Å². The Morgan fingerprint density at radius 1 is 1.14 bits per heavy atom. The number of hydrogen-bond acceptors (Lipinski definition) is 5. The number of carbonyl (C=O) groups is 1. The fourth-order valence-electron chi connectivity index (χ4n) is 4.34. The number of alkyl halides is 2. The predicted molar refractivity (Wildman–Crippen MR) is 125 cm³/mol. The number of nitrogens with zero attached hydrogens (tertiary/aromatic N) is 4. The van der Waals surface area contributed by atoms with Gasteiger partial charge < -0.3 is 5.32 Å². The standard InChI is InChI=1S/C25H23F3N6O/c1-15-13-34(5-4-25(15,27)28)14-16-6-18(10-29-9-16)17-2-3-22-21(7-17)23(33-32-22)24(35)31-20-8-19(26)11-30-12-20/h2-3,6-12,15H,4-5,13-14H2,1H3,(H,31,35)(H,32,33)/t15-/m0/s1. The molecule has 1 fully saturated rings. The van der Waals surface area contributed by atoms with Gasteiger partial charge in [0.2, 0.25) is 0 Å². The van der Waals surface area contributed by atoms with Crippen molar-refractivity contribution in [2.24, 2.45) is 5.92 Å². The Bertz CT molecular complexity index is 1390. The zero-order valence-electron chi connectivity index (χ0n) is 18.9. The normalized spacial score (nSPS) is 18.0. The van der Waals surface area contributed by atoms with E-state index >= 15 is 0 Å². The van der Waals surface area contributed by atoms with Crippen LogP contribution in [-0.2, 0) is 6.54 Å². The highest BCUT2D eigenvalue weighted by molar-refractivity contribution is 6.11. The molecule has 0 saturated carbocycles. The summed E-state index contributed by atoms with van der Waals surface area (Å²) in [6.45, 7) is 2.78. The molecule has 35 heavy (non-hydrogen) atoms. The van der Waals surface area contributed by atoms with Gasteiger partial charge >= 0.3 is 0 Å². The molecule has 0 unspecified atom stereocenters. The molecule has 2 N–H and O–H groups in total. The molecule has 3 aromatic heterocycles. The van der Waals surface area contributed by atoms with Gasteiger partial charge in [0.15, 0.2) is 5.69 Å². The lowest BCUT2D eigenvalue weighted by Gasteiger charge is -2.36. The molecule has 1 saturated heterocycles. The maximum absolute atomic E-state index is 13.8. The highest BCUT2D eigenvalue weighted by atomic mass is 19.3. The van der Waals surface area contributed by atoms with Crippen molar-refractivity contribution in [2.75, 3.05) is 18.4 Å². The van der Waals surface area contributed by atoms with Gasteiger partial charge in [-0.1, -0.05) is 13.0 Å². The molecule has 5 rings (SSSR count). The van der Waals surface area contributed by atoms with Crippen molar-refractivity contribution in [1.29, 1.82) is 0 Å². The second-order valence-electron chi connectivity index (χ2n) is 8.91. The summed E-state index contributed by atoms with van der Waals surface area (Å²) >= 11 is 0. The van der Waals surface area contributed by atoms with Crippen molar-refractivity contribution < 1.29 is 18.0 Å². The average molecular weight is 480 g/mol. The molecule has 4 heterocycles. The average Bonchev–Trinajstić information content (AvgIpc) is 3.25. The first-order valence-corrected chi connectivity index (χ1v) is 11.2. The third-order valence-electron chi connectivity index (χ3n) is 6.29. The van der Waals surface area contributed by atoms with E-state index in [0.717, 1.165) is 22.9 Å². The minimum atomic E-state index is -2.62. The monoisotopic (exact) mass is 480 g/mol. The van der Waals surface area contributed by atoms with Crippen LogP contribution in [0.5, 0.6) is 0 Å². The van der Waals surface area contributed by atoms with Gasteiger partial charge in [-0.2, -0.15) is 5.10 Å². The molecule has 0 spiro atoms. The molecule has 1 aromatic carbocycles. The molecular weight excluding hydrogens is 457 g/mol. The Labute approximate surface area is 199 Å². The van der Waals surface area contributed by atoms with Gasteiger partial charge in [0.05, 0.1) is 23.6 Å². The van der Waals surface area contributed by atoms with E-state index in [1.807, 2.05) is 29.2 Å². The number of piperidine rings is 1. The van der Waals surface area contributed by atoms with Crippen LogP contribution < -0.4 is 5.32 Å². The number of nitrogens with one attached hydrogen (secondary N) is 2. The number of pyridine rings is 2. The highest BCUT2D eigenvalue weighted by Gasteiger charge is 2.40. The van der Waals surface area contributed by atoms with E-state index in [1.165, 1.54) is 12.3 Å². The molecular formula is C25H23F3N6O. The lowest BCUT2D eigenvalue weighted by atomic mass is 9.95. The zero-order chi connectivity index (χ0) is 24.6. The number of amides is 1. The fourth-order valence-corrected chi connectivity index (χ4v) is 4.34. The third-order valence-corrected chi connectivity index (χ3v) is 6.29.